The van der Waals surface area contributed by atoms with Crippen molar-refractivity contribution in [1.29, 1.82) is 0 Å². The Balaban J connectivity index is 1.40. The van der Waals surface area contributed by atoms with Gasteiger partial charge in [-0.05, 0) is 74.5 Å². The first-order valence-corrected chi connectivity index (χ1v) is 21.4. The fourth-order valence-electron chi connectivity index (χ4n) is 9.35. The number of carbonyl (C=O) groups is 5. The van der Waals surface area contributed by atoms with E-state index in [9.17, 15) is 37.5 Å². The standard InChI is InChI=1S/C39H63N5O8S/c1-7-20-40-33(48)30(46)27(21-25-14-15-25)41-32(47)29-28-26(37(28,4)5)22-44(29)34(49)31(38(6)16-10-8-11-17-38)42-35(50)43-39(18-12-9-13-19-39)24-53(51,52)36(2,3)23-45/h7,25-29,31,45H,1,8-24H2,2-6H3,(H,40,48)(H,41,47)(H2,42,43,50)/t26-,27-,28-,29-,31+/m0/s1. The number of ketones is 1. The van der Waals surface area contributed by atoms with E-state index in [2.05, 4.69) is 41.7 Å². The van der Waals surface area contributed by atoms with Crippen molar-refractivity contribution < 1.29 is 37.5 Å². The van der Waals surface area contributed by atoms with Crippen molar-refractivity contribution in [3.8, 4) is 0 Å². The Hall–Kier alpha value is -3.00. The number of Topliss-reactive ketones (excluding diaryl/α,β-unsaturated/α-hetero) is 1. The van der Waals surface area contributed by atoms with Gasteiger partial charge in [0.15, 0.2) is 9.84 Å². The number of hydrogen-bond donors (Lipinski definition) is 5. The molecule has 0 spiro atoms. The van der Waals surface area contributed by atoms with Crippen LogP contribution in [-0.4, -0.2) is 102 Å². The van der Waals surface area contributed by atoms with E-state index in [-0.39, 0.29) is 41.4 Å². The number of carbonyl (C=O) groups excluding carboxylic acids is 5. The van der Waals surface area contributed by atoms with Crippen LogP contribution in [0.25, 0.3) is 0 Å². The summed E-state index contributed by atoms with van der Waals surface area (Å²) in [6.07, 6.45) is 11.1. The van der Waals surface area contributed by atoms with Gasteiger partial charge < -0.3 is 31.3 Å². The van der Waals surface area contributed by atoms with Crippen LogP contribution in [0, 0.1) is 28.6 Å². The van der Waals surface area contributed by atoms with Crippen LogP contribution in [0.5, 0.6) is 0 Å². The molecule has 298 valence electrons. The number of hydrogen-bond acceptors (Lipinski definition) is 8. The second-order valence-corrected chi connectivity index (χ2v) is 20.9. The molecule has 1 saturated heterocycles. The zero-order valence-electron chi connectivity index (χ0n) is 32.4. The number of fused-ring (bicyclic) bond motifs is 1. The normalized spacial score (nSPS) is 27.0. The quantitative estimate of drug-likeness (QED) is 0.117. The minimum atomic E-state index is -3.83. The van der Waals surface area contributed by atoms with Gasteiger partial charge in [-0.25, -0.2) is 13.2 Å². The molecule has 5 amide bonds. The maximum absolute atomic E-state index is 14.9. The van der Waals surface area contributed by atoms with E-state index in [0.717, 1.165) is 51.4 Å². The van der Waals surface area contributed by atoms with Crippen LogP contribution in [0.1, 0.15) is 118 Å². The van der Waals surface area contributed by atoms with Gasteiger partial charge in [-0.1, -0.05) is 78.2 Å². The number of sulfone groups is 1. The Bertz CT molecular complexity index is 1540. The van der Waals surface area contributed by atoms with E-state index in [1.165, 1.54) is 19.9 Å². The zero-order valence-corrected chi connectivity index (χ0v) is 33.2. The lowest BCUT2D eigenvalue weighted by molar-refractivity contribution is -0.146. The lowest BCUT2D eigenvalue weighted by Gasteiger charge is -2.44. The number of nitrogens with one attached hydrogen (secondary N) is 4. The average molecular weight is 762 g/mol. The molecule has 0 aromatic carbocycles. The molecule has 5 atom stereocenters. The third-order valence-electron chi connectivity index (χ3n) is 13.4. The molecule has 1 heterocycles. The molecule has 5 rings (SSSR count). The number of rotatable bonds is 16. The van der Waals surface area contributed by atoms with E-state index < -0.39 is 73.9 Å². The SMILES string of the molecule is C=CCNC(=O)C(=O)[C@H](CC1CC1)NC(=O)[C@@H]1[C@@H]2[C@H](CN1C(=O)[C@@H](NC(=O)NC1(CS(=O)(=O)C(C)(C)CO)CCCCC1)C1(C)CCCCC1)C2(C)C. The summed E-state index contributed by atoms with van der Waals surface area (Å²) in [5.41, 5.74) is -1.89. The number of nitrogens with zero attached hydrogens (tertiary/aromatic N) is 1. The Kier molecular flexibility index (Phi) is 12.1. The van der Waals surface area contributed by atoms with Gasteiger partial charge in [0, 0.05) is 13.1 Å². The predicted molar refractivity (Wildman–Crippen MR) is 201 cm³/mol. The van der Waals surface area contributed by atoms with Gasteiger partial charge >= 0.3 is 6.03 Å². The first kappa shape index (κ1) is 41.2. The van der Waals surface area contributed by atoms with Gasteiger partial charge in [-0.3, -0.25) is 19.2 Å². The summed E-state index contributed by atoms with van der Waals surface area (Å²) in [6, 6.07) is -3.52. The fourth-order valence-corrected chi connectivity index (χ4v) is 11.0. The molecule has 0 aromatic heterocycles. The number of likely N-dealkylation sites (tertiary alicyclic amines) is 1. The first-order valence-electron chi connectivity index (χ1n) is 19.8. The van der Waals surface area contributed by atoms with E-state index in [4.69, 9.17) is 0 Å². The summed E-state index contributed by atoms with van der Waals surface area (Å²) in [4.78, 5) is 70.9. The van der Waals surface area contributed by atoms with Crippen molar-refractivity contribution in [3.63, 3.8) is 0 Å². The van der Waals surface area contributed by atoms with Gasteiger partial charge in [0.05, 0.1) is 28.7 Å². The van der Waals surface area contributed by atoms with Gasteiger partial charge in [-0.15, -0.1) is 6.58 Å². The maximum Gasteiger partial charge on any atom is 0.315 e. The van der Waals surface area contributed by atoms with Crippen molar-refractivity contribution in [3.05, 3.63) is 12.7 Å². The summed E-state index contributed by atoms with van der Waals surface area (Å²) in [6.45, 7) is 12.6. The van der Waals surface area contributed by atoms with Crippen LogP contribution in [0.2, 0.25) is 0 Å². The molecule has 5 aliphatic rings. The van der Waals surface area contributed by atoms with Gasteiger partial charge in [0.25, 0.3) is 5.91 Å². The number of amides is 5. The Labute approximate surface area is 315 Å². The van der Waals surface area contributed by atoms with E-state index in [1.54, 1.807) is 4.90 Å². The highest BCUT2D eigenvalue weighted by Crippen LogP contribution is 2.65. The molecule has 4 aliphatic carbocycles. The van der Waals surface area contributed by atoms with Crippen molar-refractivity contribution in [2.75, 3.05) is 25.4 Å². The molecule has 0 bridgehead atoms. The maximum atomic E-state index is 14.9. The van der Waals surface area contributed by atoms with Crippen LogP contribution in [-0.2, 0) is 29.0 Å². The molecule has 5 fully saturated rings. The molecule has 0 unspecified atom stereocenters. The first-order chi connectivity index (χ1) is 24.8. The number of urea groups is 1. The van der Waals surface area contributed by atoms with Crippen LogP contribution < -0.4 is 21.3 Å². The summed E-state index contributed by atoms with van der Waals surface area (Å²) >= 11 is 0. The van der Waals surface area contributed by atoms with Gasteiger partial charge in [-0.2, -0.15) is 0 Å². The highest BCUT2D eigenvalue weighted by molar-refractivity contribution is 7.92. The highest BCUT2D eigenvalue weighted by Gasteiger charge is 2.70. The van der Waals surface area contributed by atoms with Crippen LogP contribution in [0.3, 0.4) is 0 Å². The smallest absolute Gasteiger partial charge is 0.315 e. The van der Waals surface area contributed by atoms with Gasteiger partial charge in [0.1, 0.15) is 12.1 Å². The lowest BCUT2D eigenvalue weighted by Crippen LogP contribution is -2.65. The van der Waals surface area contributed by atoms with Crippen LogP contribution in [0.4, 0.5) is 4.79 Å². The molecule has 14 heteroatoms. The van der Waals surface area contributed by atoms with Gasteiger partial charge in [0.2, 0.25) is 17.6 Å². The molecule has 0 aromatic rings. The topological polar surface area (TPSA) is 191 Å². The van der Waals surface area contributed by atoms with Crippen molar-refractivity contribution in [1.82, 2.24) is 26.2 Å². The van der Waals surface area contributed by atoms with E-state index in [1.807, 2.05) is 6.92 Å². The highest BCUT2D eigenvalue weighted by atomic mass is 32.2. The number of aliphatic hydroxyl groups excluding tert-OH is 1. The van der Waals surface area contributed by atoms with E-state index in [0.29, 0.717) is 38.6 Å². The second-order valence-electron chi connectivity index (χ2n) is 18.3. The average Bonchev–Trinajstić information content (AvgIpc) is 3.96. The Morgan fingerprint density at radius 2 is 1.55 bits per heavy atom. The number of piperidine rings is 1. The predicted octanol–water partition coefficient (Wildman–Crippen LogP) is 3.15. The lowest BCUT2D eigenvalue weighted by atomic mass is 9.70. The molecular weight excluding hydrogens is 699 g/mol. The third-order valence-corrected chi connectivity index (χ3v) is 16.1. The number of aliphatic hydroxyl groups is 1. The van der Waals surface area contributed by atoms with Crippen molar-refractivity contribution in [2.24, 2.45) is 28.6 Å². The molecule has 53 heavy (non-hydrogen) atoms. The van der Waals surface area contributed by atoms with Crippen molar-refractivity contribution in [2.45, 2.75) is 147 Å². The van der Waals surface area contributed by atoms with Crippen molar-refractivity contribution >= 4 is 39.4 Å². The van der Waals surface area contributed by atoms with Crippen LogP contribution >= 0.6 is 0 Å². The second kappa shape index (κ2) is 15.6. The fraction of sp³-hybridized carbons (Fsp3) is 0.821. The summed E-state index contributed by atoms with van der Waals surface area (Å²) in [5.74, 6) is -2.54. The molecular formula is C39H63N5O8S. The monoisotopic (exact) mass is 761 g/mol. The molecule has 13 nitrogen and oxygen atoms in total. The zero-order chi connectivity index (χ0) is 39.0. The van der Waals surface area contributed by atoms with E-state index >= 15 is 0 Å². The molecule has 0 radical (unpaired) electrons. The Morgan fingerprint density at radius 1 is 0.943 bits per heavy atom. The summed E-state index contributed by atoms with van der Waals surface area (Å²) in [7, 11) is -3.83. The minimum Gasteiger partial charge on any atom is -0.395 e. The Morgan fingerprint density at radius 3 is 2.11 bits per heavy atom. The largest absolute Gasteiger partial charge is 0.395 e. The summed E-state index contributed by atoms with van der Waals surface area (Å²) in [5, 5.41) is 21.3. The van der Waals surface area contributed by atoms with Crippen LogP contribution in [0.15, 0.2) is 12.7 Å². The molecule has 5 N–H and O–H groups in total. The third kappa shape index (κ3) is 8.79. The molecule has 4 saturated carbocycles. The molecule has 1 aliphatic heterocycles. The minimum absolute atomic E-state index is 0.0508. The summed E-state index contributed by atoms with van der Waals surface area (Å²) < 4.78 is 25.6.